The van der Waals surface area contributed by atoms with Crippen molar-refractivity contribution < 1.29 is 14.1 Å². The van der Waals surface area contributed by atoms with E-state index in [0.717, 1.165) is 17.4 Å². The summed E-state index contributed by atoms with van der Waals surface area (Å²) in [5.74, 6) is -1.22. The number of carbonyl (C=O) groups is 1. The number of nitro benzene ring substituents is 1. The van der Waals surface area contributed by atoms with E-state index in [0.29, 0.717) is 16.8 Å². The maximum absolute atomic E-state index is 14.1. The van der Waals surface area contributed by atoms with Crippen molar-refractivity contribution in [3.8, 4) is 0 Å². The van der Waals surface area contributed by atoms with Crippen molar-refractivity contribution in [3.05, 3.63) is 67.7 Å². The monoisotopic (exact) mass is 379 g/mol. The molecule has 0 radical (unpaired) electrons. The van der Waals surface area contributed by atoms with Crippen LogP contribution in [0.15, 0.2) is 41.4 Å². The van der Waals surface area contributed by atoms with Gasteiger partial charge in [-0.1, -0.05) is 29.0 Å². The van der Waals surface area contributed by atoms with Crippen LogP contribution in [0.25, 0.3) is 10.2 Å². The first kappa shape index (κ1) is 17.2. The number of nitrogens with zero attached hydrogens (tertiary/aromatic N) is 3. The fourth-order valence-corrected chi connectivity index (χ4v) is 3.73. The number of fused-ring (bicyclic) bond motifs is 1. The molecule has 0 fully saturated rings. The van der Waals surface area contributed by atoms with Gasteiger partial charge in [0.15, 0.2) is 4.80 Å². The zero-order valence-electron chi connectivity index (χ0n) is 12.9. The second-order valence-corrected chi connectivity index (χ2v) is 6.50. The standard InChI is InChI=1S/C16H11ClFN3O3S/c1-2-20-14-11(18)4-3-5-13(14)25-16(20)19-15(22)10-8-9(17)6-7-12(10)21(23)24/h3-8H,2H2,1H3. The molecule has 0 saturated carbocycles. The molecule has 0 saturated heterocycles. The third-order valence-electron chi connectivity index (χ3n) is 3.55. The van der Waals surface area contributed by atoms with Gasteiger partial charge in [-0.15, -0.1) is 0 Å². The number of halogens is 2. The van der Waals surface area contributed by atoms with Crippen molar-refractivity contribution in [2.24, 2.45) is 4.99 Å². The molecule has 1 heterocycles. The predicted molar refractivity (Wildman–Crippen MR) is 93.4 cm³/mol. The van der Waals surface area contributed by atoms with Gasteiger partial charge in [0.25, 0.3) is 11.6 Å². The van der Waals surface area contributed by atoms with Crippen LogP contribution >= 0.6 is 22.9 Å². The summed E-state index contributed by atoms with van der Waals surface area (Å²) in [6, 6.07) is 8.31. The maximum atomic E-state index is 14.1. The van der Waals surface area contributed by atoms with E-state index < -0.39 is 16.6 Å². The first-order valence-corrected chi connectivity index (χ1v) is 8.42. The van der Waals surface area contributed by atoms with Gasteiger partial charge in [-0.25, -0.2) is 4.39 Å². The van der Waals surface area contributed by atoms with Gasteiger partial charge < -0.3 is 4.57 Å². The number of benzene rings is 2. The normalized spacial score (nSPS) is 11.9. The Morgan fingerprint density at radius 1 is 1.40 bits per heavy atom. The lowest BCUT2D eigenvalue weighted by atomic mass is 10.2. The predicted octanol–water partition coefficient (Wildman–Crippen LogP) is 4.16. The van der Waals surface area contributed by atoms with E-state index in [4.69, 9.17) is 11.6 Å². The lowest BCUT2D eigenvalue weighted by molar-refractivity contribution is -0.385. The van der Waals surface area contributed by atoms with Gasteiger partial charge in [-0.05, 0) is 31.2 Å². The molecule has 25 heavy (non-hydrogen) atoms. The molecule has 3 aromatic rings. The number of rotatable bonds is 3. The molecule has 0 aliphatic rings. The topological polar surface area (TPSA) is 77.5 Å². The third-order valence-corrected chi connectivity index (χ3v) is 4.83. The molecule has 1 aromatic heterocycles. The first-order valence-electron chi connectivity index (χ1n) is 7.23. The average Bonchev–Trinajstić information content (AvgIpc) is 2.92. The Morgan fingerprint density at radius 2 is 2.16 bits per heavy atom. The van der Waals surface area contributed by atoms with E-state index in [2.05, 4.69) is 4.99 Å². The highest BCUT2D eigenvalue weighted by molar-refractivity contribution is 7.16. The van der Waals surface area contributed by atoms with Crippen LogP contribution in [0.3, 0.4) is 0 Å². The number of hydrogen-bond acceptors (Lipinski definition) is 4. The quantitative estimate of drug-likeness (QED) is 0.506. The Kier molecular flexibility index (Phi) is 4.65. The van der Waals surface area contributed by atoms with Gasteiger partial charge in [0, 0.05) is 17.6 Å². The minimum absolute atomic E-state index is 0.190. The molecule has 0 N–H and O–H groups in total. The fourth-order valence-electron chi connectivity index (χ4n) is 2.45. The highest BCUT2D eigenvalue weighted by atomic mass is 35.5. The molecule has 0 atom stereocenters. The number of nitro groups is 1. The molecule has 2 aromatic carbocycles. The van der Waals surface area contributed by atoms with Crippen molar-refractivity contribution in [2.75, 3.05) is 0 Å². The molecule has 0 unspecified atom stereocenters. The van der Waals surface area contributed by atoms with Crippen LogP contribution in [-0.2, 0) is 6.54 Å². The number of aromatic nitrogens is 1. The molecule has 1 amide bonds. The van der Waals surface area contributed by atoms with Gasteiger partial charge in [0.2, 0.25) is 0 Å². The fraction of sp³-hybridized carbons (Fsp3) is 0.125. The summed E-state index contributed by atoms with van der Waals surface area (Å²) < 4.78 is 16.3. The summed E-state index contributed by atoms with van der Waals surface area (Å²) in [4.78, 5) is 27.2. The smallest absolute Gasteiger partial charge is 0.286 e. The Bertz CT molecular complexity index is 1070. The summed E-state index contributed by atoms with van der Waals surface area (Å²) >= 11 is 6.98. The largest absolute Gasteiger partial charge is 0.314 e. The number of amides is 1. The van der Waals surface area contributed by atoms with E-state index in [-0.39, 0.29) is 21.1 Å². The van der Waals surface area contributed by atoms with Crippen LogP contribution in [0.1, 0.15) is 17.3 Å². The van der Waals surface area contributed by atoms with Gasteiger partial charge in [0.05, 0.1) is 15.1 Å². The lowest BCUT2D eigenvalue weighted by Crippen LogP contribution is -2.16. The Labute approximate surface area is 150 Å². The van der Waals surface area contributed by atoms with Crippen LogP contribution in [-0.4, -0.2) is 15.4 Å². The van der Waals surface area contributed by atoms with E-state index in [1.165, 1.54) is 18.2 Å². The number of para-hydroxylation sites is 1. The van der Waals surface area contributed by atoms with Crippen LogP contribution in [0.5, 0.6) is 0 Å². The van der Waals surface area contributed by atoms with Gasteiger partial charge in [0.1, 0.15) is 11.4 Å². The van der Waals surface area contributed by atoms with E-state index in [1.807, 2.05) is 0 Å². The third kappa shape index (κ3) is 3.18. The van der Waals surface area contributed by atoms with Crippen LogP contribution < -0.4 is 4.80 Å². The lowest BCUT2D eigenvalue weighted by Gasteiger charge is -2.02. The van der Waals surface area contributed by atoms with Crippen molar-refractivity contribution in [1.82, 2.24) is 4.57 Å². The van der Waals surface area contributed by atoms with Crippen molar-refractivity contribution in [1.29, 1.82) is 0 Å². The molecule has 3 rings (SSSR count). The molecule has 9 heteroatoms. The number of aryl methyl sites for hydroxylation is 1. The Hall–Kier alpha value is -2.58. The zero-order chi connectivity index (χ0) is 18.1. The molecular weight excluding hydrogens is 369 g/mol. The summed E-state index contributed by atoms with van der Waals surface area (Å²) in [5.41, 5.74) is -0.242. The molecule has 0 bridgehead atoms. The van der Waals surface area contributed by atoms with E-state index >= 15 is 0 Å². The molecule has 0 spiro atoms. The SMILES string of the molecule is CCn1c(=NC(=O)c2cc(Cl)ccc2[N+](=O)[O-])sc2cccc(F)c21. The summed E-state index contributed by atoms with van der Waals surface area (Å²) in [6.45, 7) is 2.19. The Balaban J connectivity index is 2.21. The van der Waals surface area contributed by atoms with Crippen molar-refractivity contribution in [2.45, 2.75) is 13.5 Å². The second kappa shape index (κ2) is 6.73. The average molecular weight is 380 g/mol. The van der Waals surface area contributed by atoms with E-state index in [1.54, 1.807) is 23.6 Å². The molecular formula is C16H11ClFN3O3S. The first-order chi connectivity index (χ1) is 11.9. The minimum Gasteiger partial charge on any atom is -0.314 e. The maximum Gasteiger partial charge on any atom is 0.286 e. The van der Waals surface area contributed by atoms with Crippen LogP contribution in [0.4, 0.5) is 10.1 Å². The van der Waals surface area contributed by atoms with Crippen molar-refractivity contribution >= 4 is 44.7 Å². The number of hydrogen-bond donors (Lipinski definition) is 0. The zero-order valence-corrected chi connectivity index (χ0v) is 14.5. The summed E-state index contributed by atoms with van der Waals surface area (Å²) in [7, 11) is 0. The minimum atomic E-state index is -0.802. The summed E-state index contributed by atoms with van der Waals surface area (Å²) in [6.07, 6.45) is 0. The molecule has 0 aliphatic heterocycles. The highest BCUT2D eigenvalue weighted by Gasteiger charge is 2.21. The van der Waals surface area contributed by atoms with Crippen molar-refractivity contribution in [3.63, 3.8) is 0 Å². The number of thiazole rings is 1. The molecule has 0 aliphatic carbocycles. The van der Waals surface area contributed by atoms with Gasteiger partial charge >= 0.3 is 0 Å². The van der Waals surface area contributed by atoms with Gasteiger partial charge in [-0.2, -0.15) is 4.99 Å². The van der Waals surface area contributed by atoms with Gasteiger partial charge in [-0.3, -0.25) is 14.9 Å². The number of carbonyl (C=O) groups excluding carboxylic acids is 1. The highest BCUT2D eigenvalue weighted by Crippen LogP contribution is 2.24. The summed E-state index contributed by atoms with van der Waals surface area (Å²) in [5, 5.41) is 11.3. The molecule has 6 nitrogen and oxygen atoms in total. The van der Waals surface area contributed by atoms with Crippen LogP contribution in [0, 0.1) is 15.9 Å². The Morgan fingerprint density at radius 3 is 2.84 bits per heavy atom. The second-order valence-electron chi connectivity index (χ2n) is 5.05. The van der Waals surface area contributed by atoms with E-state index in [9.17, 15) is 19.3 Å². The molecule has 128 valence electrons. The van der Waals surface area contributed by atoms with Crippen LogP contribution in [0.2, 0.25) is 5.02 Å².